The summed E-state index contributed by atoms with van der Waals surface area (Å²) in [6.45, 7) is 10.8. The van der Waals surface area contributed by atoms with E-state index in [0.29, 0.717) is 31.0 Å². The molecule has 1 aromatic carbocycles. The Labute approximate surface area is 167 Å². The zero-order chi connectivity index (χ0) is 20.3. The summed E-state index contributed by atoms with van der Waals surface area (Å²) in [5.74, 6) is 0.693. The molecule has 28 heavy (non-hydrogen) atoms. The summed E-state index contributed by atoms with van der Waals surface area (Å²) in [5.41, 5.74) is 1.38. The molecule has 1 fully saturated rings. The van der Waals surface area contributed by atoms with Crippen LogP contribution in [0.15, 0.2) is 42.6 Å². The highest BCUT2D eigenvalue weighted by Gasteiger charge is 2.29. The molecule has 0 bridgehead atoms. The number of benzene rings is 1. The van der Waals surface area contributed by atoms with Crippen LogP contribution in [0.1, 0.15) is 12.5 Å². The van der Waals surface area contributed by atoms with Crippen molar-refractivity contribution >= 4 is 30.8 Å². The SMILES string of the molecule is CC1CN(c2ncccc2C#N)CCN1C(=O)Nc1ccc([Si](C)(C)C)cc1. The second-order valence-electron chi connectivity index (χ2n) is 8.23. The molecule has 2 amide bonds. The van der Waals surface area contributed by atoms with E-state index in [1.54, 1.807) is 18.3 Å². The number of nitrogens with zero attached hydrogens (tertiary/aromatic N) is 4. The van der Waals surface area contributed by atoms with E-state index >= 15 is 0 Å². The van der Waals surface area contributed by atoms with Gasteiger partial charge in [0.1, 0.15) is 11.9 Å². The number of carbonyl (C=O) groups excluding carboxylic acids is 1. The lowest BCUT2D eigenvalue weighted by atomic mass is 10.1. The molecule has 6 nitrogen and oxygen atoms in total. The zero-order valence-corrected chi connectivity index (χ0v) is 17.9. The third-order valence-corrected chi connectivity index (χ3v) is 7.16. The second kappa shape index (κ2) is 8.03. The quantitative estimate of drug-likeness (QED) is 0.813. The summed E-state index contributed by atoms with van der Waals surface area (Å²) in [6.07, 6.45) is 1.70. The maximum Gasteiger partial charge on any atom is 0.322 e. The highest BCUT2D eigenvalue weighted by molar-refractivity contribution is 6.88. The van der Waals surface area contributed by atoms with E-state index in [1.807, 2.05) is 24.0 Å². The normalized spacial score (nSPS) is 17.2. The highest BCUT2D eigenvalue weighted by atomic mass is 28.3. The number of piperazine rings is 1. The van der Waals surface area contributed by atoms with Crippen LogP contribution in [0.3, 0.4) is 0 Å². The number of anilines is 2. The molecule has 2 aromatic rings. The van der Waals surface area contributed by atoms with Crippen LogP contribution in [-0.2, 0) is 0 Å². The van der Waals surface area contributed by atoms with Crippen molar-refractivity contribution in [3.63, 3.8) is 0 Å². The molecule has 0 spiro atoms. The van der Waals surface area contributed by atoms with Gasteiger partial charge in [-0.3, -0.25) is 0 Å². The van der Waals surface area contributed by atoms with Gasteiger partial charge >= 0.3 is 6.03 Å². The van der Waals surface area contributed by atoms with Crippen LogP contribution in [0, 0.1) is 11.3 Å². The Morgan fingerprint density at radius 2 is 1.93 bits per heavy atom. The van der Waals surface area contributed by atoms with Crippen molar-refractivity contribution in [3.8, 4) is 6.07 Å². The first-order valence-electron chi connectivity index (χ1n) is 9.58. The summed E-state index contributed by atoms with van der Waals surface area (Å²) < 4.78 is 0. The molecule has 2 heterocycles. The molecule has 1 aliphatic heterocycles. The van der Waals surface area contributed by atoms with Crippen LogP contribution >= 0.6 is 0 Å². The molecule has 146 valence electrons. The van der Waals surface area contributed by atoms with Gasteiger partial charge in [-0.2, -0.15) is 5.26 Å². The molecule has 1 unspecified atom stereocenters. The molecule has 1 saturated heterocycles. The van der Waals surface area contributed by atoms with E-state index in [2.05, 4.69) is 53.0 Å². The largest absolute Gasteiger partial charge is 0.352 e. The van der Waals surface area contributed by atoms with E-state index < -0.39 is 8.07 Å². The van der Waals surface area contributed by atoms with Crippen LogP contribution in [0.2, 0.25) is 19.6 Å². The lowest BCUT2D eigenvalue weighted by molar-refractivity contribution is 0.184. The van der Waals surface area contributed by atoms with Gasteiger partial charge in [0.2, 0.25) is 0 Å². The standard InChI is InChI=1S/C21H27N5OSi/c1-16-15-25(20-17(14-22)6-5-11-23-20)12-13-26(16)21(27)24-18-7-9-19(10-8-18)28(2,3)4/h5-11,16H,12-13,15H2,1-4H3,(H,24,27). The zero-order valence-electron chi connectivity index (χ0n) is 16.9. The number of aromatic nitrogens is 1. The Morgan fingerprint density at radius 3 is 2.54 bits per heavy atom. The number of rotatable bonds is 3. The lowest BCUT2D eigenvalue weighted by Crippen LogP contribution is -2.55. The first kappa shape index (κ1) is 19.9. The molecule has 0 radical (unpaired) electrons. The Bertz CT molecular complexity index is 885. The molecule has 0 saturated carbocycles. The first-order valence-corrected chi connectivity index (χ1v) is 13.1. The van der Waals surface area contributed by atoms with Gasteiger partial charge in [0.25, 0.3) is 0 Å². The van der Waals surface area contributed by atoms with Crippen LogP contribution in [0.4, 0.5) is 16.3 Å². The van der Waals surface area contributed by atoms with Crippen molar-refractivity contribution < 1.29 is 4.79 Å². The highest BCUT2D eigenvalue weighted by Crippen LogP contribution is 2.21. The summed E-state index contributed by atoms with van der Waals surface area (Å²) in [4.78, 5) is 21.0. The Kier molecular flexibility index (Phi) is 5.70. The minimum atomic E-state index is -1.34. The number of carbonyl (C=O) groups is 1. The average Bonchev–Trinajstić information content (AvgIpc) is 2.67. The van der Waals surface area contributed by atoms with Crippen LogP contribution in [0.25, 0.3) is 0 Å². The van der Waals surface area contributed by atoms with Crippen molar-refractivity contribution in [2.75, 3.05) is 29.9 Å². The minimum Gasteiger partial charge on any atom is -0.352 e. The molecule has 1 aliphatic rings. The van der Waals surface area contributed by atoms with Gasteiger partial charge in [-0.25, -0.2) is 9.78 Å². The molecular weight excluding hydrogens is 366 g/mol. The molecule has 0 aliphatic carbocycles. The van der Waals surface area contributed by atoms with E-state index in [-0.39, 0.29) is 12.1 Å². The monoisotopic (exact) mass is 393 g/mol. The number of nitrogens with one attached hydrogen (secondary N) is 1. The Balaban J connectivity index is 1.64. The Morgan fingerprint density at radius 1 is 1.21 bits per heavy atom. The molecule has 1 atom stereocenters. The van der Waals surface area contributed by atoms with E-state index in [9.17, 15) is 10.1 Å². The van der Waals surface area contributed by atoms with Gasteiger partial charge in [0, 0.05) is 37.6 Å². The van der Waals surface area contributed by atoms with Crippen LogP contribution < -0.4 is 15.4 Å². The predicted octanol–water partition coefficient (Wildman–Crippen LogP) is 3.24. The fourth-order valence-corrected chi connectivity index (χ4v) is 4.60. The fourth-order valence-electron chi connectivity index (χ4n) is 3.44. The fraction of sp³-hybridized carbons (Fsp3) is 0.381. The van der Waals surface area contributed by atoms with Crippen molar-refractivity contribution in [3.05, 3.63) is 48.2 Å². The number of hydrogen-bond donors (Lipinski definition) is 1. The predicted molar refractivity (Wildman–Crippen MR) is 116 cm³/mol. The third kappa shape index (κ3) is 4.34. The summed E-state index contributed by atoms with van der Waals surface area (Å²) in [6, 6.07) is 13.9. The first-order chi connectivity index (χ1) is 13.3. The van der Waals surface area contributed by atoms with Crippen LogP contribution in [0.5, 0.6) is 0 Å². The van der Waals surface area contributed by atoms with Gasteiger partial charge in [-0.1, -0.05) is 37.0 Å². The maximum atomic E-state index is 12.8. The summed E-state index contributed by atoms with van der Waals surface area (Å²) >= 11 is 0. The van der Waals surface area contributed by atoms with E-state index in [4.69, 9.17) is 0 Å². The van der Waals surface area contributed by atoms with Gasteiger partial charge in [-0.15, -0.1) is 0 Å². The van der Waals surface area contributed by atoms with E-state index in [1.165, 1.54) is 5.19 Å². The summed E-state index contributed by atoms with van der Waals surface area (Å²) in [7, 11) is -1.34. The number of urea groups is 1. The average molecular weight is 394 g/mol. The molecule has 1 N–H and O–H groups in total. The Hall–Kier alpha value is -2.85. The smallest absolute Gasteiger partial charge is 0.322 e. The molecule has 7 heteroatoms. The van der Waals surface area contributed by atoms with Crippen molar-refractivity contribution in [1.29, 1.82) is 5.26 Å². The van der Waals surface area contributed by atoms with Gasteiger partial charge in [0.15, 0.2) is 0 Å². The second-order valence-corrected chi connectivity index (χ2v) is 13.3. The van der Waals surface area contributed by atoms with Crippen molar-refractivity contribution in [2.24, 2.45) is 0 Å². The van der Waals surface area contributed by atoms with E-state index in [0.717, 1.165) is 5.69 Å². The van der Waals surface area contributed by atoms with Gasteiger partial charge in [-0.05, 0) is 31.2 Å². The van der Waals surface area contributed by atoms with Gasteiger partial charge in [0.05, 0.1) is 13.6 Å². The minimum absolute atomic E-state index is 0.0172. The maximum absolute atomic E-state index is 12.8. The number of nitriles is 1. The molecule has 3 rings (SSSR count). The van der Waals surface area contributed by atoms with Gasteiger partial charge < -0.3 is 15.1 Å². The molecule has 1 aromatic heterocycles. The topological polar surface area (TPSA) is 72.3 Å². The third-order valence-electron chi connectivity index (χ3n) is 5.10. The number of hydrogen-bond acceptors (Lipinski definition) is 4. The van der Waals surface area contributed by atoms with Crippen molar-refractivity contribution in [2.45, 2.75) is 32.6 Å². The molecular formula is C21H27N5OSi. The summed E-state index contributed by atoms with van der Waals surface area (Å²) in [5, 5.41) is 13.7. The van der Waals surface area contributed by atoms with Crippen molar-refractivity contribution in [1.82, 2.24) is 9.88 Å². The number of pyridine rings is 1. The number of amides is 2. The lowest BCUT2D eigenvalue weighted by Gasteiger charge is -2.40. The van der Waals surface area contributed by atoms with Crippen LogP contribution in [-0.4, -0.2) is 49.7 Å².